The van der Waals surface area contributed by atoms with Gasteiger partial charge < -0.3 is 20.0 Å². The minimum Gasteiger partial charge on any atom is -0.508 e. The summed E-state index contributed by atoms with van der Waals surface area (Å²) in [6, 6.07) is 19.7. The molecule has 6 heteroatoms. The molecule has 3 aromatic carbocycles. The molecule has 1 aliphatic heterocycles. The molecule has 6 rings (SSSR count). The summed E-state index contributed by atoms with van der Waals surface area (Å²) in [6.45, 7) is 2.26. The highest BCUT2D eigenvalue weighted by atomic mass is 16.3. The number of phenolic OH excluding ortho intramolecular Hbond substituents is 1. The predicted octanol–water partition coefficient (Wildman–Crippen LogP) is 5.47. The Balaban J connectivity index is 1.35. The zero-order valence-electron chi connectivity index (χ0n) is 17.1. The van der Waals surface area contributed by atoms with Gasteiger partial charge in [0, 0.05) is 29.9 Å². The van der Waals surface area contributed by atoms with Crippen LogP contribution in [0.15, 0.2) is 60.7 Å². The van der Waals surface area contributed by atoms with E-state index in [9.17, 15) is 5.11 Å². The Morgan fingerprint density at radius 1 is 0.677 bits per heavy atom. The van der Waals surface area contributed by atoms with Crippen molar-refractivity contribution in [2.24, 2.45) is 0 Å². The molecule has 0 bridgehead atoms. The van der Waals surface area contributed by atoms with E-state index in [0.717, 1.165) is 57.9 Å². The Morgan fingerprint density at radius 3 is 2.03 bits per heavy atom. The molecule has 6 nitrogen and oxygen atoms in total. The molecule has 0 atom stereocenters. The van der Waals surface area contributed by atoms with Crippen LogP contribution in [0.5, 0.6) is 5.75 Å². The lowest BCUT2D eigenvalue weighted by molar-refractivity contribution is 0.475. The lowest BCUT2D eigenvalue weighted by Gasteiger charge is -2.28. The fraction of sp³-hybridized carbons (Fsp3) is 0.200. The molecule has 31 heavy (non-hydrogen) atoms. The highest BCUT2D eigenvalue weighted by molar-refractivity contribution is 5.87. The van der Waals surface area contributed by atoms with Gasteiger partial charge in [0.15, 0.2) is 0 Å². The average Bonchev–Trinajstić information content (AvgIpc) is 3.43. The fourth-order valence-electron chi connectivity index (χ4n) is 4.40. The highest BCUT2D eigenvalue weighted by Crippen LogP contribution is 2.29. The number of aromatic hydroxyl groups is 1. The van der Waals surface area contributed by atoms with Crippen LogP contribution in [-0.2, 0) is 0 Å². The molecule has 0 unspecified atom stereocenters. The van der Waals surface area contributed by atoms with Crippen LogP contribution in [-0.4, -0.2) is 38.1 Å². The van der Waals surface area contributed by atoms with Crippen molar-refractivity contribution in [2.45, 2.75) is 19.3 Å². The largest absolute Gasteiger partial charge is 0.508 e. The Bertz CT molecular complexity index is 1380. The van der Waals surface area contributed by atoms with Crippen molar-refractivity contribution < 1.29 is 5.11 Å². The second-order valence-electron chi connectivity index (χ2n) is 8.20. The van der Waals surface area contributed by atoms with Gasteiger partial charge in [-0.05, 0) is 79.9 Å². The number of hydrogen-bond donors (Lipinski definition) is 3. The van der Waals surface area contributed by atoms with Crippen molar-refractivity contribution in [3.05, 3.63) is 60.7 Å². The first kappa shape index (κ1) is 18.0. The number of anilines is 1. The number of nitrogens with one attached hydrogen (secondary N) is 2. The van der Waals surface area contributed by atoms with E-state index in [2.05, 4.69) is 44.1 Å². The molecule has 0 amide bonds. The van der Waals surface area contributed by atoms with Gasteiger partial charge in [0.05, 0.1) is 22.1 Å². The van der Waals surface area contributed by atoms with Crippen LogP contribution in [0.3, 0.4) is 0 Å². The number of rotatable bonds is 3. The second-order valence-corrected chi connectivity index (χ2v) is 8.20. The molecule has 0 aliphatic carbocycles. The number of phenols is 1. The summed E-state index contributed by atoms with van der Waals surface area (Å²) < 4.78 is 0. The van der Waals surface area contributed by atoms with E-state index in [0.29, 0.717) is 0 Å². The molecule has 1 aliphatic rings. The molecule has 3 N–H and O–H groups in total. The third-order valence-electron chi connectivity index (χ3n) is 6.08. The number of fused-ring (bicyclic) bond motifs is 2. The summed E-state index contributed by atoms with van der Waals surface area (Å²) in [6.07, 6.45) is 3.86. The summed E-state index contributed by atoms with van der Waals surface area (Å²) in [5.41, 5.74) is 7.11. The van der Waals surface area contributed by atoms with Crippen molar-refractivity contribution in [2.75, 3.05) is 18.0 Å². The number of benzene rings is 3. The van der Waals surface area contributed by atoms with E-state index < -0.39 is 0 Å². The van der Waals surface area contributed by atoms with Crippen LogP contribution in [0.4, 0.5) is 5.69 Å². The first-order valence-electron chi connectivity index (χ1n) is 10.8. The summed E-state index contributed by atoms with van der Waals surface area (Å²) >= 11 is 0. The molecule has 5 aromatic rings. The van der Waals surface area contributed by atoms with Crippen LogP contribution in [0.2, 0.25) is 0 Å². The fourth-order valence-corrected chi connectivity index (χ4v) is 4.40. The molecular formula is C25H23N5O. The molecule has 0 radical (unpaired) electrons. The topological polar surface area (TPSA) is 80.8 Å². The van der Waals surface area contributed by atoms with Gasteiger partial charge in [-0.1, -0.05) is 0 Å². The maximum atomic E-state index is 9.51. The standard InChI is InChI=1S/C25H23N5O/c31-19-8-4-16(5-9-19)24-26-20-10-6-17(14-22(20)28-24)25-27-21-11-7-18(15-23(21)29-25)30-12-2-1-3-13-30/h4-11,14-15,31H,1-3,12-13H2,(H,26,28)(H,27,29). The molecule has 1 fully saturated rings. The molecule has 0 spiro atoms. The quantitative estimate of drug-likeness (QED) is 0.369. The van der Waals surface area contributed by atoms with E-state index in [1.54, 1.807) is 12.1 Å². The number of nitrogens with zero attached hydrogens (tertiary/aromatic N) is 3. The van der Waals surface area contributed by atoms with Crippen molar-refractivity contribution in [3.8, 4) is 28.5 Å². The van der Waals surface area contributed by atoms with Crippen LogP contribution < -0.4 is 4.90 Å². The van der Waals surface area contributed by atoms with Crippen LogP contribution in [0.25, 0.3) is 44.8 Å². The van der Waals surface area contributed by atoms with Gasteiger partial charge >= 0.3 is 0 Å². The zero-order valence-corrected chi connectivity index (χ0v) is 17.1. The molecule has 0 saturated carbocycles. The van der Waals surface area contributed by atoms with Gasteiger partial charge in [0.2, 0.25) is 0 Å². The van der Waals surface area contributed by atoms with Gasteiger partial charge in [-0.25, -0.2) is 9.97 Å². The Labute approximate surface area is 179 Å². The van der Waals surface area contributed by atoms with E-state index in [1.807, 2.05) is 24.3 Å². The van der Waals surface area contributed by atoms with Gasteiger partial charge in [0.1, 0.15) is 17.4 Å². The number of hydrogen-bond acceptors (Lipinski definition) is 4. The Kier molecular flexibility index (Phi) is 4.16. The smallest absolute Gasteiger partial charge is 0.138 e. The minimum atomic E-state index is 0.246. The van der Waals surface area contributed by atoms with E-state index in [-0.39, 0.29) is 5.75 Å². The summed E-state index contributed by atoms with van der Waals surface area (Å²) in [4.78, 5) is 18.8. The number of H-pyrrole nitrogens is 2. The van der Waals surface area contributed by atoms with Crippen LogP contribution >= 0.6 is 0 Å². The van der Waals surface area contributed by atoms with Gasteiger partial charge in [-0.3, -0.25) is 0 Å². The number of imidazole rings is 2. The second kappa shape index (κ2) is 7.16. The predicted molar refractivity (Wildman–Crippen MR) is 124 cm³/mol. The number of aromatic nitrogens is 4. The molecule has 1 saturated heterocycles. The van der Waals surface area contributed by atoms with Crippen molar-refractivity contribution in [3.63, 3.8) is 0 Å². The summed E-state index contributed by atoms with van der Waals surface area (Å²) in [5, 5.41) is 9.51. The normalized spacial score (nSPS) is 14.5. The maximum absolute atomic E-state index is 9.51. The van der Waals surface area contributed by atoms with Crippen molar-refractivity contribution in [1.29, 1.82) is 0 Å². The maximum Gasteiger partial charge on any atom is 0.138 e. The van der Waals surface area contributed by atoms with Crippen molar-refractivity contribution in [1.82, 2.24) is 19.9 Å². The zero-order chi connectivity index (χ0) is 20.8. The first-order chi connectivity index (χ1) is 15.2. The van der Waals surface area contributed by atoms with Crippen molar-refractivity contribution >= 4 is 27.8 Å². The first-order valence-corrected chi connectivity index (χ1v) is 10.8. The van der Waals surface area contributed by atoms with Gasteiger partial charge in [-0.15, -0.1) is 0 Å². The lowest BCUT2D eigenvalue weighted by Crippen LogP contribution is -2.29. The molecule has 154 valence electrons. The monoisotopic (exact) mass is 409 g/mol. The van der Waals surface area contributed by atoms with Crippen LogP contribution in [0.1, 0.15) is 19.3 Å². The summed E-state index contributed by atoms with van der Waals surface area (Å²) in [7, 11) is 0. The lowest BCUT2D eigenvalue weighted by atomic mass is 10.1. The SMILES string of the molecule is Oc1ccc(-c2nc3ccc(-c4nc5ccc(N6CCCCC6)cc5[nH]4)cc3[nH]2)cc1. The van der Waals surface area contributed by atoms with E-state index in [4.69, 9.17) is 4.98 Å². The van der Waals surface area contributed by atoms with E-state index >= 15 is 0 Å². The number of aromatic amines is 2. The van der Waals surface area contributed by atoms with Gasteiger partial charge in [0.25, 0.3) is 0 Å². The van der Waals surface area contributed by atoms with E-state index in [1.165, 1.54) is 24.9 Å². The molecule has 3 heterocycles. The third-order valence-corrected chi connectivity index (χ3v) is 6.08. The molecular weight excluding hydrogens is 386 g/mol. The Hall–Kier alpha value is -3.80. The third kappa shape index (κ3) is 3.30. The average molecular weight is 409 g/mol. The molecule has 2 aromatic heterocycles. The summed E-state index contributed by atoms with van der Waals surface area (Å²) in [5.74, 6) is 1.88. The minimum absolute atomic E-state index is 0.246. The highest BCUT2D eigenvalue weighted by Gasteiger charge is 2.14. The van der Waals surface area contributed by atoms with Gasteiger partial charge in [-0.2, -0.15) is 0 Å². The number of piperidine rings is 1. The Morgan fingerprint density at radius 2 is 1.29 bits per heavy atom. The van der Waals surface area contributed by atoms with Crippen LogP contribution in [0, 0.1) is 0 Å².